The van der Waals surface area contributed by atoms with E-state index in [1.165, 1.54) is 0 Å². The van der Waals surface area contributed by atoms with Crippen molar-refractivity contribution in [1.29, 1.82) is 0 Å². The van der Waals surface area contributed by atoms with Crippen LogP contribution < -0.4 is 10.6 Å². The van der Waals surface area contributed by atoms with Crippen molar-refractivity contribution >= 4 is 11.8 Å². The summed E-state index contributed by atoms with van der Waals surface area (Å²) in [5, 5.41) is 6.12. The van der Waals surface area contributed by atoms with Gasteiger partial charge in [0.05, 0.1) is 24.9 Å². The smallest absolute Gasteiger partial charge is 0.412 e. The Bertz CT molecular complexity index is 728. The van der Waals surface area contributed by atoms with E-state index in [2.05, 4.69) is 15.6 Å². The van der Waals surface area contributed by atoms with Gasteiger partial charge in [0.25, 0.3) is 0 Å². The summed E-state index contributed by atoms with van der Waals surface area (Å²) >= 11 is 0. The number of ether oxygens (including phenoxy) is 3. The van der Waals surface area contributed by atoms with Crippen molar-refractivity contribution in [3.63, 3.8) is 0 Å². The molecule has 1 aromatic carbocycles. The summed E-state index contributed by atoms with van der Waals surface area (Å²) in [6, 6.07) is 15.1. The molecular weight excluding hydrogens is 334 g/mol. The number of rotatable bonds is 5. The average Bonchev–Trinajstić information content (AvgIpc) is 3.25. The molecule has 0 saturated carbocycles. The highest BCUT2D eigenvalue weighted by Crippen LogP contribution is 2.29. The van der Waals surface area contributed by atoms with Gasteiger partial charge in [-0.3, -0.25) is 10.3 Å². The first-order chi connectivity index (χ1) is 12.8. The Morgan fingerprint density at radius 2 is 1.88 bits per heavy atom. The van der Waals surface area contributed by atoms with Gasteiger partial charge in [-0.15, -0.1) is 0 Å². The van der Waals surface area contributed by atoms with Crippen LogP contribution in [0.4, 0.5) is 10.5 Å². The number of aromatic nitrogens is 1. The standard InChI is InChI=1S/C19H21N3O4/c23-19(22-13-6-2-1-3-7-13)26-16-12-25-17-15(11-24-18(16)17)21-10-14-8-4-5-9-20-14/h1-9,15-18,21H,10-12H2,(H,22,23)/t15-,16+,17+,18+/m0/s1. The van der Waals surface area contributed by atoms with Crippen molar-refractivity contribution in [2.75, 3.05) is 18.5 Å². The fraction of sp³-hybridized carbons (Fsp3) is 0.368. The Morgan fingerprint density at radius 1 is 1.08 bits per heavy atom. The lowest BCUT2D eigenvalue weighted by Crippen LogP contribution is -2.41. The molecule has 2 N–H and O–H groups in total. The number of carbonyl (C=O) groups is 1. The van der Waals surface area contributed by atoms with Crippen molar-refractivity contribution in [3.05, 3.63) is 60.4 Å². The zero-order chi connectivity index (χ0) is 17.8. The molecule has 7 heteroatoms. The number of fused-ring (bicyclic) bond motifs is 1. The molecule has 26 heavy (non-hydrogen) atoms. The first kappa shape index (κ1) is 17.0. The van der Waals surface area contributed by atoms with Gasteiger partial charge in [0.1, 0.15) is 12.2 Å². The highest BCUT2D eigenvalue weighted by atomic mass is 16.6. The summed E-state index contributed by atoms with van der Waals surface area (Å²) in [5.41, 5.74) is 1.65. The zero-order valence-electron chi connectivity index (χ0n) is 14.2. The van der Waals surface area contributed by atoms with Crippen LogP contribution in [0.5, 0.6) is 0 Å². The van der Waals surface area contributed by atoms with Crippen molar-refractivity contribution in [3.8, 4) is 0 Å². The number of carbonyl (C=O) groups excluding carboxylic acids is 1. The number of anilines is 1. The molecule has 0 unspecified atom stereocenters. The molecule has 1 aromatic heterocycles. The summed E-state index contributed by atoms with van der Waals surface area (Å²) in [6.07, 6.45) is 0.474. The first-order valence-electron chi connectivity index (χ1n) is 8.69. The second-order valence-electron chi connectivity index (χ2n) is 6.34. The maximum Gasteiger partial charge on any atom is 0.412 e. The molecule has 3 heterocycles. The fourth-order valence-corrected chi connectivity index (χ4v) is 3.28. The molecular formula is C19H21N3O4. The number of hydrogen-bond donors (Lipinski definition) is 2. The third-order valence-electron chi connectivity index (χ3n) is 4.56. The molecule has 1 amide bonds. The fourth-order valence-electron chi connectivity index (χ4n) is 3.28. The van der Waals surface area contributed by atoms with E-state index >= 15 is 0 Å². The zero-order valence-corrected chi connectivity index (χ0v) is 14.2. The third-order valence-corrected chi connectivity index (χ3v) is 4.56. The Hall–Kier alpha value is -2.48. The number of nitrogens with zero attached hydrogens (tertiary/aromatic N) is 1. The highest BCUT2D eigenvalue weighted by Gasteiger charge is 2.49. The Balaban J connectivity index is 1.28. The number of hydrogen-bond acceptors (Lipinski definition) is 6. The van der Waals surface area contributed by atoms with Gasteiger partial charge in [0.2, 0.25) is 0 Å². The van der Waals surface area contributed by atoms with Crippen LogP contribution in [0.25, 0.3) is 0 Å². The molecule has 4 atom stereocenters. The number of pyridine rings is 1. The van der Waals surface area contributed by atoms with Crippen molar-refractivity contribution < 1.29 is 19.0 Å². The second-order valence-corrected chi connectivity index (χ2v) is 6.34. The van der Waals surface area contributed by atoms with Crippen molar-refractivity contribution in [2.24, 2.45) is 0 Å². The Morgan fingerprint density at radius 3 is 2.69 bits per heavy atom. The van der Waals surface area contributed by atoms with Gasteiger partial charge in [0.15, 0.2) is 6.10 Å². The molecule has 0 bridgehead atoms. The van der Waals surface area contributed by atoms with E-state index in [9.17, 15) is 4.79 Å². The predicted octanol–water partition coefficient (Wildman–Crippen LogP) is 1.95. The summed E-state index contributed by atoms with van der Waals surface area (Å²) in [4.78, 5) is 16.4. The van der Waals surface area contributed by atoms with Gasteiger partial charge in [-0.05, 0) is 24.3 Å². The van der Waals surface area contributed by atoms with Gasteiger partial charge in [-0.2, -0.15) is 0 Å². The van der Waals surface area contributed by atoms with Crippen LogP contribution in [0, 0.1) is 0 Å². The molecule has 0 aliphatic carbocycles. The normalized spacial score (nSPS) is 27.1. The van der Waals surface area contributed by atoms with Crippen LogP contribution in [-0.4, -0.2) is 48.6 Å². The molecule has 136 valence electrons. The van der Waals surface area contributed by atoms with Crippen molar-refractivity contribution in [2.45, 2.75) is 30.9 Å². The summed E-state index contributed by atoms with van der Waals surface area (Å²) in [7, 11) is 0. The molecule has 2 saturated heterocycles. The topological polar surface area (TPSA) is 81.7 Å². The molecule has 0 spiro atoms. The van der Waals surface area contributed by atoms with E-state index in [0.29, 0.717) is 25.4 Å². The van der Waals surface area contributed by atoms with Crippen LogP contribution in [0.1, 0.15) is 5.69 Å². The number of amides is 1. The van der Waals surface area contributed by atoms with E-state index in [1.54, 1.807) is 18.3 Å². The van der Waals surface area contributed by atoms with Gasteiger partial charge < -0.3 is 19.5 Å². The van der Waals surface area contributed by atoms with Gasteiger partial charge in [-0.25, -0.2) is 4.79 Å². The first-order valence-corrected chi connectivity index (χ1v) is 8.69. The summed E-state index contributed by atoms with van der Waals surface area (Å²) < 4.78 is 17.2. The average molecular weight is 355 g/mol. The quantitative estimate of drug-likeness (QED) is 0.853. The lowest BCUT2D eigenvalue weighted by atomic mass is 10.1. The minimum Gasteiger partial charge on any atom is -0.441 e. The number of benzene rings is 1. The second kappa shape index (κ2) is 7.82. The van der Waals surface area contributed by atoms with Gasteiger partial charge >= 0.3 is 6.09 Å². The molecule has 2 aliphatic rings. The van der Waals surface area contributed by atoms with Gasteiger partial charge in [-0.1, -0.05) is 24.3 Å². The van der Waals surface area contributed by atoms with Crippen LogP contribution in [0.15, 0.2) is 54.7 Å². The van der Waals surface area contributed by atoms with Crippen LogP contribution in [-0.2, 0) is 20.8 Å². The predicted molar refractivity (Wildman–Crippen MR) is 94.7 cm³/mol. The number of nitrogens with one attached hydrogen (secondary N) is 2. The third kappa shape index (κ3) is 3.85. The van der Waals surface area contributed by atoms with Crippen molar-refractivity contribution in [1.82, 2.24) is 10.3 Å². The minimum atomic E-state index is -0.501. The maximum atomic E-state index is 12.1. The highest BCUT2D eigenvalue weighted by molar-refractivity contribution is 5.84. The molecule has 2 aliphatic heterocycles. The monoisotopic (exact) mass is 355 g/mol. The van der Waals surface area contributed by atoms with E-state index in [1.807, 2.05) is 36.4 Å². The summed E-state index contributed by atoms with van der Waals surface area (Å²) in [6.45, 7) is 1.49. The number of para-hydroxylation sites is 1. The largest absolute Gasteiger partial charge is 0.441 e. The maximum absolute atomic E-state index is 12.1. The Kier molecular flexibility index (Phi) is 5.10. The van der Waals surface area contributed by atoms with E-state index in [-0.39, 0.29) is 18.2 Å². The Labute approximate surface area is 151 Å². The molecule has 2 fully saturated rings. The van der Waals surface area contributed by atoms with E-state index < -0.39 is 12.2 Å². The SMILES string of the molecule is O=C(Nc1ccccc1)O[C@@H]1CO[C@H]2[C@@H]1OC[C@@H]2NCc1ccccn1. The van der Waals surface area contributed by atoms with Crippen LogP contribution >= 0.6 is 0 Å². The molecule has 7 nitrogen and oxygen atoms in total. The molecule has 0 radical (unpaired) electrons. The lowest BCUT2D eigenvalue weighted by molar-refractivity contribution is 0.00854. The van der Waals surface area contributed by atoms with E-state index in [4.69, 9.17) is 14.2 Å². The summed E-state index contributed by atoms with van der Waals surface area (Å²) in [5.74, 6) is 0. The van der Waals surface area contributed by atoms with Crippen LogP contribution in [0.2, 0.25) is 0 Å². The minimum absolute atomic E-state index is 0.0489. The van der Waals surface area contributed by atoms with Gasteiger partial charge in [0, 0.05) is 18.4 Å². The molecule has 2 aromatic rings. The van der Waals surface area contributed by atoms with Crippen LogP contribution in [0.3, 0.4) is 0 Å². The lowest BCUT2D eigenvalue weighted by Gasteiger charge is -2.18. The molecule has 4 rings (SSSR count). The van der Waals surface area contributed by atoms with E-state index in [0.717, 1.165) is 5.69 Å².